The topological polar surface area (TPSA) is 47.0 Å². The third kappa shape index (κ3) is 3.27. The molecule has 4 nitrogen and oxygen atoms in total. The van der Waals surface area contributed by atoms with Crippen molar-refractivity contribution >= 4 is 17.3 Å². The van der Waals surface area contributed by atoms with Crippen molar-refractivity contribution in [1.29, 1.82) is 0 Å². The molecular formula is C13H17N3OS. The number of aromatic nitrogens is 2. The van der Waals surface area contributed by atoms with Gasteiger partial charge in [0.1, 0.15) is 6.10 Å². The molecule has 2 aromatic rings. The van der Waals surface area contributed by atoms with Crippen LogP contribution in [0.3, 0.4) is 0 Å². The molecule has 0 aliphatic rings. The van der Waals surface area contributed by atoms with Gasteiger partial charge in [-0.1, -0.05) is 6.07 Å². The summed E-state index contributed by atoms with van der Waals surface area (Å²) >= 11 is 1.69. The summed E-state index contributed by atoms with van der Waals surface area (Å²) < 4.78 is 5.47. The second-order valence-corrected chi connectivity index (χ2v) is 5.07. The minimum absolute atomic E-state index is 0.0365. The Kier molecular flexibility index (Phi) is 4.28. The number of ether oxygens (including phenoxy) is 1. The van der Waals surface area contributed by atoms with Crippen LogP contribution >= 0.6 is 11.3 Å². The van der Waals surface area contributed by atoms with Gasteiger partial charge in [-0.3, -0.25) is 0 Å². The van der Waals surface area contributed by atoms with Crippen molar-refractivity contribution in [2.45, 2.75) is 20.0 Å². The highest BCUT2D eigenvalue weighted by Crippen LogP contribution is 2.21. The zero-order valence-electron chi connectivity index (χ0n) is 10.8. The summed E-state index contributed by atoms with van der Waals surface area (Å²) in [6.07, 6.45) is 0.0365. The molecular weight excluding hydrogens is 246 g/mol. The van der Waals surface area contributed by atoms with Gasteiger partial charge in [0.25, 0.3) is 0 Å². The third-order valence-electron chi connectivity index (χ3n) is 2.57. The first kappa shape index (κ1) is 13.0. The van der Waals surface area contributed by atoms with Crippen LogP contribution in [0.25, 0.3) is 0 Å². The van der Waals surface area contributed by atoms with E-state index in [2.05, 4.69) is 26.7 Å². The maximum atomic E-state index is 5.47. The number of nitrogens with one attached hydrogen (secondary N) is 1. The van der Waals surface area contributed by atoms with E-state index < -0.39 is 0 Å². The monoisotopic (exact) mass is 263 g/mol. The summed E-state index contributed by atoms with van der Waals surface area (Å²) in [4.78, 5) is 9.90. The molecule has 0 saturated carbocycles. The molecule has 0 aliphatic carbocycles. The maximum Gasteiger partial charge on any atom is 0.223 e. The standard InChI is InChI=1S/C13H17N3OS/c1-9-7-10(2)16-13(15-9)14-8-11(17-3)12-5-4-6-18-12/h4-7,11H,8H2,1-3H3,(H,14,15,16)/t11-/m1/s1. The van der Waals surface area contributed by atoms with E-state index in [9.17, 15) is 0 Å². The summed E-state index contributed by atoms with van der Waals surface area (Å²) in [5, 5.41) is 5.28. The lowest BCUT2D eigenvalue weighted by molar-refractivity contribution is 0.117. The van der Waals surface area contributed by atoms with Crippen molar-refractivity contribution in [2.24, 2.45) is 0 Å². The fraction of sp³-hybridized carbons (Fsp3) is 0.385. The average Bonchev–Trinajstić information content (AvgIpc) is 2.82. The van der Waals surface area contributed by atoms with Gasteiger partial charge < -0.3 is 10.1 Å². The van der Waals surface area contributed by atoms with E-state index in [1.54, 1.807) is 18.4 Å². The van der Waals surface area contributed by atoms with Crippen molar-refractivity contribution in [1.82, 2.24) is 9.97 Å². The quantitative estimate of drug-likeness (QED) is 0.901. The fourth-order valence-electron chi connectivity index (χ4n) is 1.76. The van der Waals surface area contributed by atoms with Crippen molar-refractivity contribution in [3.8, 4) is 0 Å². The van der Waals surface area contributed by atoms with Crippen molar-refractivity contribution in [3.05, 3.63) is 39.8 Å². The lowest BCUT2D eigenvalue weighted by Gasteiger charge is -2.14. The maximum absolute atomic E-state index is 5.47. The number of rotatable bonds is 5. The van der Waals surface area contributed by atoms with Crippen LogP contribution in [0.15, 0.2) is 23.6 Å². The van der Waals surface area contributed by atoms with Crippen molar-refractivity contribution < 1.29 is 4.74 Å². The van der Waals surface area contributed by atoms with Gasteiger partial charge in [-0.05, 0) is 31.4 Å². The van der Waals surface area contributed by atoms with E-state index in [1.807, 2.05) is 26.0 Å². The molecule has 0 aromatic carbocycles. The predicted molar refractivity (Wildman–Crippen MR) is 74.1 cm³/mol. The Morgan fingerprint density at radius 1 is 1.33 bits per heavy atom. The molecule has 5 heteroatoms. The van der Waals surface area contributed by atoms with Gasteiger partial charge in [0.15, 0.2) is 0 Å². The first-order valence-electron chi connectivity index (χ1n) is 5.81. The summed E-state index contributed by atoms with van der Waals surface area (Å²) in [5.41, 5.74) is 1.94. The van der Waals surface area contributed by atoms with Gasteiger partial charge in [0.2, 0.25) is 5.95 Å². The van der Waals surface area contributed by atoms with Gasteiger partial charge in [-0.2, -0.15) is 0 Å². The van der Waals surface area contributed by atoms with E-state index in [0.717, 1.165) is 11.4 Å². The number of thiophene rings is 1. The van der Waals surface area contributed by atoms with Crippen LogP contribution in [0.1, 0.15) is 22.4 Å². The molecule has 0 fully saturated rings. The zero-order valence-corrected chi connectivity index (χ0v) is 11.6. The second-order valence-electron chi connectivity index (χ2n) is 4.09. The molecule has 0 radical (unpaired) electrons. The van der Waals surface area contributed by atoms with Crippen LogP contribution in [-0.4, -0.2) is 23.6 Å². The highest BCUT2D eigenvalue weighted by Gasteiger charge is 2.11. The molecule has 0 aliphatic heterocycles. The summed E-state index contributed by atoms with van der Waals surface area (Å²) in [6, 6.07) is 6.06. The molecule has 0 amide bonds. The van der Waals surface area contributed by atoms with E-state index in [4.69, 9.17) is 4.74 Å². The van der Waals surface area contributed by atoms with E-state index in [-0.39, 0.29) is 6.10 Å². The third-order valence-corrected chi connectivity index (χ3v) is 3.54. The van der Waals surface area contributed by atoms with Crippen molar-refractivity contribution in [2.75, 3.05) is 19.0 Å². The van der Waals surface area contributed by atoms with Crippen molar-refractivity contribution in [3.63, 3.8) is 0 Å². The van der Waals surface area contributed by atoms with Gasteiger partial charge in [-0.25, -0.2) is 9.97 Å². The van der Waals surface area contributed by atoms with Crippen LogP contribution < -0.4 is 5.32 Å². The Morgan fingerprint density at radius 2 is 2.06 bits per heavy atom. The van der Waals surface area contributed by atoms with E-state index in [0.29, 0.717) is 12.5 Å². The minimum Gasteiger partial charge on any atom is -0.374 e. The number of anilines is 1. The Balaban J connectivity index is 2.01. The molecule has 0 bridgehead atoms. The molecule has 2 aromatic heterocycles. The largest absolute Gasteiger partial charge is 0.374 e. The Morgan fingerprint density at radius 3 is 2.61 bits per heavy atom. The SMILES string of the molecule is CO[C@H](CNc1nc(C)cc(C)n1)c1cccs1. The number of aryl methyl sites for hydroxylation is 2. The van der Waals surface area contributed by atoms with E-state index >= 15 is 0 Å². The molecule has 2 rings (SSSR count). The minimum atomic E-state index is 0.0365. The van der Waals surface area contributed by atoms with Gasteiger partial charge in [0.05, 0.1) is 0 Å². The smallest absolute Gasteiger partial charge is 0.223 e. The number of hydrogen-bond acceptors (Lipinski definition) is 5. The van der Waals surface area contributed by atoms with Crippen LogP contribution in [0.2, 0.25) is 0 Å². The summed E-state index contributed by atoms with van der Waals surface area (Å²) in [5.74, 6) is 0.658. The normalized spacial score (nSPS) is 12.4. The molecule has 0 spiro atoms. The van der Waals surface area contributed by atoms with Crippen LogP contribution in [0, 0.1) is 13.8 Å². The van der Waals surface area contributed by atoms with Gasteiger partial charge in [0, 0.05) is 29.9 Å². The lowest BCUT2D eigenvalue weighted by atomic mass is 10.3. The zero-order chi connectivity index (χ0) is 13.0. The molecule has 2 heterocycles. The number of hydrogen-bond donors (Lipinski definition) is 1. The summed E-state index contributed by atoms with van der Waals surface area (Å²) in [7, 11) is 1.72. The first-order chi connectivity index (χ1) is 8.69. The Bertz CT molecular complexity index is 479. The lowest BCUT2D eigenvalue weighted by Crippen LogP contribution is -2.15. The molecule has 18 heavy (non-hydrogen) atoms. The predicted octanol–water partition coefficient (Wildman–Crippen LogP) is 2.95. The van der Waals surface area contributed by atoms with Gasteiger partial charge in [-0.15, -0.1) is 11.3 Å². The van der Waals surface area contributed by atoms with Crippen LogP contribution in [0.5, 0.6) is 0 Å². The molecule has 1 N–H and O–H groups in total. The van der Waals surface area contributed by atoms with E-state index in [1.165, 1.54) is 4.88 Å². The molecule has 1 atom stereocenters. The van der Waals surface area contributed by atoms with Crippen LogP contribution in [0.4, 0.5) is 5.95 Å². The fourth-order valence-corrected chi connectivity index (χ4v) is 2.57. The highest BCUT2D eigenvalue weighted by atomic mass is 32.1. The number of nitrogens with zero attached hydrogens (tertiary/aromatic N) is 2. The Labute approximate surface area is 111 Å². The average molecular weight is 263 g/mol. The second kappa shape index (κ2) is 5.93. The highest BCUT2D eigenvalue weighted by molar-refractivity contribution is 7.10. The molecule has 0 unspecified atom stereocenters. The molecule has 96 valence electrons. The number of methoxy groups -OCH3 is 1. The Hall–Kier alpha value is -1.46. The van der Waals surface area contributed by atoms with Gasteiger partial charge >= 0.3 is 0 Å². The summed E-state index contributed by atoms with van der Waals surface area (Å²) in [6.45, 7) is 4.60. The first-order valence-corrected chi connectivity index (χ1v) is 6.69. The van der Waals surface area contributed by atoms with Crippen LogP contribution in [-0.2, 0) is 4.74 Å². The molecule has 0 saturated heterocycles.